The highest BCUT2D eigenvalue weighted by Gasteiger charge is 2.59. The Balaban J connectivity index is 1.73. The third kappa shape index (κ3) is 4.55. The lowest BCUT2D eigenvalue weighted by Gasteiger charge is -2.45. The topological polar surface area (TPSA) is 45.2 Å². The van der Waals surface area contributed by atoms with Crippen molar-refractivity contribution in [2.24, 2.45) is 5.92 Å². The van der Waals surface area contributed by atoms with E-state index in [1.807, 2.05) is 24.3 Å². The smallest absolute Gasteiger partial charge is 0.387 e. The van der Waals surface area contributed by atoms with Gasteiger partial charge in [0.15, 0.2) is 0 Å². The summed E-state index contributed by atoms with van der Waals surface area (Å²) in [5, 5.41) is 12.7. The number of aliphatic hydroxyl groups is 1. The Morgan fingerprint density at radius 2 is 1.69 bits per heavy atom. The molecule has 172 valence electrons. The van der Waals surface area contributed by atoms with Crippen molar-refractivity contribution < 1.29 is 14.6 Å². The summed E-state index contributed by atoms with van der Waals surface area (Å²) in [5.41, 5.74) is 0.895. The number of rotatable bonds is 9. The van der Waals surface area contributed by atoms with E-state index < -0.39 is 13.5 Å². The van der Waals surface area contributed by atoms with E-state index in [1.165, 1.54) is 0 Å². The first kappa shape index (κ1) is 24.6. The predicted octanol–water partition coefficient (Wildman–Crippen LogP) is 4.71. The number of hydrogen-bond acceptors (Lipinski definition) is 5. The third-order valence-corrected chi connectivity index (χ3v) is 11.6. The molecule has 0 aromatic heterocycles. The third-order valence-electron chi connectivity index (χ3n) is 7.06. The molecule has 3 aliphatic rings. The maximum Gasteiger partial charge on any atom is 0.416 e. The van der Waals surface area contributed by atoms with Crippen molar-refractivity contribution in [3.05, 3.63) is 57.8 Å². The molecule has 2 saturated heterocycles. The molecule has 2 heterocycles. The normalized spacial score (nSPS) is 27.9. The van der Waals surface area contributed by atoms with Gasteiger partial charge in [0.05, 0.1) is 42.6 Å². The van der Waals surface area contributed by atoms with Crippen LogP contribution in [0.3, 0.4) is 0 Å². The Bertz CT molecular complexity index is 830. The number of hydrogen-bond donors (Lipinski definition) is 1. The minimum Gasteiger partial charge on any atom is -0.387 e. The molecule has 2 aliphatic heterocycles. The van der Waals surface area contributed by atoms with Crippen molar-refractivity contribution in [2.45, 2.75) is 43.9 Å². The Morgan fingerprint density at radius 3 is 2.25 bits per heavy atom. The standard InChI is InChI=1S/C24H34BBrN2O3P/c1-30-16-18-8-6-14-27(18)32(25,28-15-7-9-19(28)17-31-2)23-13-5-11-21(23)24(29)20-10-3-4-12-22(20)26/h3-5,10-13,18-19,21,24,29H,6-9,14-17H2,1-2H3/q+1/t18-,19-,21+,24-/m0/s1. The zero-order chi connectivity index (χ0) is 22.7. The maximum atomic E-state index is 11.5. The lowest BCUT2D eigenvalue weighted by molar-refractivity contribution is 0.133. The molecular formula is C24H34BBrN2O3P+. The molecular weight excluding hydrogens is 486 g/mol. The number of halogens is 1. The van der Waals surface area contributed by atoms with E-state index >= 15 is 0 Å². The summed E-state index contributed by atoms with van der Waals surface area (Å²) in [5.74, 6) is -0.153. The number of aliphatic hydroxyl groups excluding tert-OH is 1. The summed E-state index contributed by atoms with van der Waals surface area (Å²) in [4.78, 5) is 0. The molecule has 4 rings (SSSR count). The van der Waals surface area contributed by atoms with Gasteiger partial charge in [-0.2, -0.15) is 9.34 Å². The van der Waals surface area contributed by atoms with E-state index in [-0.39, 0.29) is 5.92 Å². The molecule has 1 aromatic rings. The van der Waals surface area contributed by atoms with E-state index in [4.69, 9.17) is 17.0 Å². The zero-order valence-electron chi connectivity index (χ0n) is 19.1. The lowest BCUT2D eigenvalue weighted by atomic mass is 9.97. The van der Waals surface area contributed by atoms with Gasteiger partial charge < -0.3 is 14.6 Å². The van der Waals surface area contributed by atoms with Crippen molar-refractivity contribution >= 4 is 30.9 Å². The molecule has 8 heteroatoms. The van der Waals surface area contributed by atoms with E-state index in [0.717, 1.165) is 54.1 Å². The summed E-state index contributed by atoms with van der Waals surface area (Å²) in [6.07, 6.45) is 10.1. The van der Waals surface area contributed by atoms with Crippen molar-refractivity contribution in [1.82, 2.24) is 9.34 Å². The number of methoxy groups -OCH3 is 2. The molecule has 1 N–H and O–H groups in total. The average Bonchev–Trinajstić information content (AvgIpc) is 3.55. The minimum atomic E-state index is -2.40. The molecule has 5 nitrogen and oxygen atoms in total. The van der Waals surface area contributed by atoms with Gasteiger partial charge in [-0.25, -0.2) is 0 Å². The Labute approximate surface area is 202 Å². The van der Waals surface area contributed by atoms with Gasteiger partial charge in [-0.1, -0.05) is 46.3 Å². The molecule has 0 bridgehead atoms. The Morgan fingerprint density at radius 1 is 1.09 bits per heavy atom. The minimum absolute atomic E-state index is 0.153. The van der Waals surface area contributed by atoms with Crippen LogP contribution in [-0.2, 0) is 9.47 Å². The van der Waals surface area contributed by atoms with Crippen LogP contribution in [-0.4, -0.2) is 74.6 Å². The summed E-state index contributed by atoms with van der Waals surface area (Å²) >= 11 is 3.63. The number of nitrogens with zero attached hydrogens (tertiary/aromatic N) is 2. The van der Waals surface area contributed by atoms with Gasteiger partial charge >= 0.3 is 7.57 Å². The maximum absolute atomic E-state index is 11.5. The molecule has 0 amide bonds. The average molecular weight is 520 g/mol. The molecule has 0 spiro atoms. The molecule has 0 saturated carbocycles. The second-order valence-electron chi connectivity index (χ2n) is 8.95. The highest BCUT2D eigenvalue weighted by atomic mass is 79.9. The van der Waals surface area contributed by atoms with E-state index in [0.29, 0.717) is 25.3 Å². The van der Waals surface area contributed by atoms with E-state index in [1.54, 1.807) is 14.2 Å². The monoisotopic (exact) mass is 519 g/mol. The fourth-order valence-corrected chi connectivity index (χ4v) is 10.2. The summed E-state index contributed by atoms with van der Waals surface area (Å²) in [6.45, 7) is 3.28. The quantitative estimate of drug-likeness (QED) is 0.378. The lowest BCUT2D eigenvalue weighted by Crippen LogP contribution is -2.45. The van der Waals surface area contributed by atoms with Gasteiger partial charge in [0.2, 0.25) is 0 Å². The molecule has 1 aromatic carbocycles. The molecule has 4 atom stereocenters. The van der Waals surface area contributed by atoms with Gasteiger partial charge in [-0.15, -0.1) is 0 Å². The summed E-state index contributed by atoms with van der Waals surface area (Å²) in [7, 11) is 8.76. The van der Waals surface area contributed by atoms with Crippen LogP contribution in [0.5, 0.6) is 0 Å². The first-order chi connectivity index (χ1) is 15.5. The second-order valence-corrected chi connectivity index (χ2v) is 12.6. The van der Waals surface area contributed by atoms with Crippen molar-refractivity contribution in [3.8, 4) is 0 Å². The predicted molar refractivity (Wildman–Crippen MR) is 136 cm³/mol. The van der Waals surface area contributed by atoms with Crippen LogP contribution in [0, 0.1) is 5.92 Å². The molecule has 2 radical (unpaired) electrons. The van der Waals surface area contributed by atoms with Crippen LogP contribution >= 0.6 is 23.4 Å². The van der Waals surface area contributed by atoms with Gasteiger partial charge in [-0.05, 0) is 43.4 Å². The van der Waals surface area contributed by atoms with Gasteiger partial charge in [0.1, 0.15) is 7.44 Å². The zero-order valence-corrected chi connectivity index (χ0v) is 21.5. The van der Waals surface area contributed by atoms with Crippen molar-refractivity contribution in [3.63, 3.8) is 0 Å². The van der Waals surface area contributed by atoms with Crippen LogP contribution in [0.15, 0.2) is 52.3 Å². The SMILES string of the molecule is [B][P+](C1=CC=C[C@H]1[C@@H](O)c1ccccc1Br)(N1CCC[C@H]1COC)N1CCC[C@H]1COC. The van der Waals surface area contributed by atoms with Crippen LogP contribution in [0.1, 0.15) is 37.4 Å². The number of benzene rings is 1. The summed E-state index contributed by atoms with van der Waals surface area (Å²) in [6, 6.07) is 8.51. The first-order valence-electron chi connectivity index (χ1n) is 11.5. The first-order valence-corrected chi connectivity index (χ1v) is 14.1. The number of ether oxygens (including phenoxy) is 2. The Kier molecular flexibility index (Phi) is 8.31. The largest absolute Gasteiger partial charge is 0.416 e. The fraction of sp³-hybridized carbons (Fsp3) is 0.583. The van der Waals surface area contributed by atoms with Crippen LogP contribution < -0.4 is 0 Å². The van der Waals surface area contributed by atoms with Crippen LogP contribution in [0.25, 0.3) is 0 Å². The number of allylic oxidation sites excluding steroid dienone is 2. The van der Waals surface area contributed by atoms with E-state index in [2.05, 4.69) is 43.5 Å². The van der Waals surface area contributed by atoms with E-state index in [9.17, 15) is 5.11 Å². The van der Waals surface area contributed by atoms with Gasteiger partial charge in [-0.3, -0.25) is 0 Å². The fourth-order valence-electron chi connectivity index (χ4n) is 5.60. The molecule has 1 aliphatic carbocycles. The molecule has 32 heavy (non-hydrogen) atoms. The van der Waals surface area contributed by atoms with Crippen molar-refractivity contribution in [2.75, 3.05) is 40.5 Å². The van der Waals surface area contributed by atoms with Crippen LogP contribution in [0.2, 0.25) is 0 Å². The summed E-state index contributed by atoms with van der Waals surface area (Å²) < 4.78 is 17.2. The highest BCUT2D eigenvalue weighted by Crippen LogP contribution is 2.74. The van der Waals surface area contributed by atoms with Gasteiger partial charge in [0.25, 0.3) is 0 Å². The highest BCUT2D eigenvalue weighted by molar-refractivity contribution is 9.10. The molecule has 0 unspecified atom stereocenters. The van der Waals surface area contributed by atoms with Crippen LogP contribution in [0.4, 0.5) is 0 Å². The van der Waals surface area contributed by atoms with Gasteiger partial charge in [0, 0.05) is 31.8 Å². The Hall–Kier alpha value is -0.525. The molecule has 2 fully saturated rings. The van der Waals surface area contributed by atoms with Crippen molar-refractivity contribution in [1.29, 1.82) is 0 Å². The second kappa shape index (κ2) is 10.8.